The average Bonchev–Trinajstić information content (AvgIpc) is 3.56. The minimum absolute atomic E-state index is 0.0600. The molecule has 1 aromatic rings. The van der Waals surface area contributed by atoms with Crippen LogP contribution >= 0.6 is 0 Å². The van der Waals surface area contributed by atoms with E-state index in [9.17, 15) is 14.4 Å². The summed E-state index contributed by atoms with van der Waals surface area (Å²) in [4.78, 5) is 40.9. The molecule has 0 aromatic heterocycles. The fourth-order valence-corrected chi connectivity index (χ4v) is 4.05. The van der Waals surface area contributed by atoms with Crippen molar-refractivity contribution in [3.63, 3.8) is 0 Å². The lowest BCUT2D eigenvalue weighted by Gasteiger charge is -2.42. The van der Waals surface area contributed by atoms with Crippen LogP contribution < -0.4 is 4.74 Å². The fraction of sp³-hybridized carbons (Fsp3) is 0.591. The zero-order valence-corrected chi connectivity index (χ0v) is 17.2. The molecule has 1 atom stereocenters. The predicted molar refractivity (Wildman–Crippen MR) is 110 cm³/mol. The molecule has 2 amide bonds. The molecule has 3 aliphatic rings. The Morgan fingerprint density at radius 3 is 2.23 bits per heavy atom. The molecule has 2 saturated heterocycles. The number of rotatable bonds is 8. The zero-order chi connectivity index (χ0) is 21.1. The van der Waals surface area contributed by atoms with Crippen LogP contribution in [0.25, 0.3) is 0 Å². The van der Waals surface area contributed by atoms with Crippen LogP contribution in [0.3, 0.4) is 0 Å². The number of piperazine rings is 1. The molecule has 1 aliphatic carbocycles. The first-order valence-corrected chi connectivity index (χ1v) is 10.8. The van der Waals surface area contributed by atoms with E-state index in [4.69, 9.17) is 9.84 Å². The highest BCUT2D eigenvalue weighted by molar-refractivity contribution is 5.99. The number of hydrogen-bond donors (Lipinski definition) is 1. The molecular formula is C22H29N3O5. The van der Waals surface area contributed by atoms with Gasteiger partial charge in [0, 0.05) is 50.7 Å². The molecular weight excluding hydrogens is 386 g/mol. The zero-order valence-electron chi connectivity index (χ0n) is 17.2. The number of likely N-dealkylation sites (tertiary alicyclic amines) is 1. The van der Waals surface area contributed by atoms with E-state index in [0.717, 1.165) is 50.2 Å². The molecule has 3 fully saturated rings. The van der Waals surface area contributed by atoms with E-state index in [1.165, 1.54) is 4.90 Å². The predicted octanol–water partition coefficient (Wildman–Crippen LogP) is 1.94. The van der Waals surface area contributed by atoms with Crippen LogP contribution in [0.1, 0.15) is 36.0 Å². The molecule has 0 unspecified atom stereocenters. The normalized spacial score (nSPS) is 21.8. The second kappa shape index (κ2) is 9.04. The summed E-state index contributed by atoms with van der Waals surface area (Å²) in [6.07, 6.45) is 2.52. The highest BCUT2D eigenvalue weighted by atomic mass is 16.5. The molecule has 0 radical (unpaired) electrons. The van der Waals surface area contributed by atoms with Gasteiger partial charge in [-0.3, -0.25) is 19.4 Å². The maximum absolute atomic E-state index is 12.5. The third-order valence-corrected chi connectivity index (χ3v) is 6.21. The monoisotopic (exact) mass is 415 g/mol. The molecule has 1 N–H and O–H groups in total. The number of carbonyl (C=O) groups excluding carboxylic acids is 2. The van der Waals surface area contributed by atoms with Gasteiger partial charge in [-0.05, 0) is 49.9 Å². The molecule has 0 spiro atoms. The lowest BCUT2D eigenvalue weighted by molar-refractivity contribution is -0.142. The quantitative estimate of drug-likeness (QED) is 0.516. The van der Waals surface area contributed by atoms with Crippen LogP contribution in [-0.4, -0.2) is 89.5 Å². The Kier molecular flexibility index (Phi) is 6.22. The standard InChI is InChI=1S/C22H29N3O5/c26-20(16-2-3-16)17-4-6-18(7-5-17)30-15-1-9-23-11-13-24(14-12-23)21(27)19-8-10-25(19)22(28)29/h4-7,16,19H,1-3,8-15H2,(H,28,29)/t19-/m1/s1. The third-order valence-electron chi connectivity index (χ3n) is 6.21. The maximum atomic E-state index is 12.5. The first-order chi connectivity index (χ1) is 14.5. The summed E-state index contributed by atoms with van der Waals surface area (Å²) >= 11 is 0. The summed E-state index contributed by atoms with van der Waals surface area (Å²) in [7, 11) is 0. The van der Waals surface area contributed by atoms with E-state index in [1.807, 2.05) is 24.3 Å². The highest BCUT2D eigenvalue weighted by Gasteiger charge is 2.40. The van der Waals surface area contributed by atoms with Gasteiger partial charge in [0.2, 0.25) is 5.91 Å². The Hall–Kier alpha value is -2.61. The number of carboxylic acid groups (broad SMARTS) is 1. The van der Waals surface area contributed by atoms with Gasteiger partial charge in [0.05, 0.1) is 6.61 Å². The smallest absolute Gasteiger partial charge is 0.407 e. The van der Waals surface area contributed by atoms with Gasteiger partial charge in [0.1, 0.15) is 11.8 Å². The Balaban J connectivity index is 1.12. The largest absolute Gasteiger partial charge is 0.494 e. The van der Waals surface area contributed by atoms with Gasteiger partial charge in [0.15, 0.2) is 5.78 Å². The van der Waals surface area contributed by atoms with Crippen LogP contribution in [0.2, 0.25) is 0 Å². The van der Waals surface area contributed by atoms with Crippen LogP contribution in [-0.2, 0) is 4.79 Å². The van der Waals surface area contributed by atoms with Crippen molar-refractivity contribution in [2.75, 3.05) is 45.9 Å². The Bertz CT molecular complexity index is 784. The van der Waals surface area contributed by atoms with Gasteiger partial charge in [0.25, 0.3) is 0 Å². The van der Waals surface area contributed by atoms with Crippen molar-refractivity contribution in [1.82, 2.24) is 14.7 Å². The minimum atomic E-state index is -1.01. The molecule has 1 aromatic carbocycles. The van der Waals surface area contributed by atoms with Crippen LogP contribution in [0.15, 0.2) is 24.3 Å². The summed E-state index contributed by atoms with van der Waals surface area (Å²) in [5.41, 5.74) is 0.769. The van der Waals surface area contributed by atoms with Crippen LogP contribution in [0.5, 0.6) is 5.75 Å². The average molecular weight is 415 g/mol. The van der Waals surface area contributed by atoms with Gasteiger partial charge < -0.3 is 14.7 Å². The van der Waals surface area contributed by atoms with E-state index in [0.29, 0.717) is 32.7 Å². The molecule has 0 bridgehead atoms. The number of ketones is 1. The number of benzene rings is 1. The molecule has 162 valence electrons. The van der Waals surface area contributed by atoms with Crippen molar-refractivity contribution in [1.29, 1.82) is 0 Å². The number of carbonyl (C=O) groups is 3. The van der Waals surface area contributed by atoms with E-state index in [-0.39, 0.29) is 17.6 Å². The number of nitrogens with zero attached hydrogens (tertiary/aromatic N) is 3. The van der Waals surface area contributed by atoms with Crippen molar-refractivity contribution < 1.29 is 24.2 Å². The number of amides is 2. The minimum Gasteiger partial charge on any atom is -0.494 e. The summed E-state index contributed by atoms with van der Waals surface area (Å²) in [6, 6.07) is 6.93. The summed E-state index contributed by atoms with van der Waals surface area (Å²) in [5.74, 6) is 1.20. The van der Waals surface area contributed by atoms with Gasteiger partial charge in [-0.1, -0.05) is 0 Å². The van der Waals surface area contributed by atoms with E-state index in [2.05, 4.69) is 4.90 Å². The van der Waals surface area contributed by atoms with Crippen LogP contribution in [0, 0.1) is 5.92 Å². The van der Waals surface area contributed by atoms with Crippen molar-refractivity contribution in [2.24, 2.45) is 5.92 Å². The Morgan fingerprint density at radius 1 is 0.967 bits per heavy atom. The van der Waals surface area contributed by atoms with Crippen molar-refractivity contribution in [3.8, 4) is 5.75 Å². The lowest BCUT2D eigenvalue weighted by atomic mass is 10.0. The highest BCUT2D eigenvalue weighted by Crippen LogP contribution is 2.32. The molecule has 4 rings (SSSR count). The maximum Gasteiger partial charge on any atom is 0.407 e. The second-order valence-corrected chi connectivity index (χ2v) is 8.31. The Labute approximate surface area is 176 Å². The topological polar surface area (TPSA) is 90.4 Å². The van der Waals surface area contributed by atoms with Crippen molar-refractivity contribution in [2.45, 2.75) is 31.7 Å². The number of Topliss-reactive ketones (excluding diaryl/α,β-unsaturated/α-hetero) is 1. The van der Waals surface area contributed by atoms with Crippen molar-refractivity contribution >= 4 is 17.8 Å². The summed E-state index contributed by atoms with van der Waals surface area (Å²) in [5, 5.41) is 9.08. The van der Waals surface area contributed by atoms with E-state index in [1.54, 1.807) is 4.90 Å². The summed E-state index contributed by atoms with van der Waals surface area (Å²) < 4.78 is 5.79. The molecule has 30 heavy (non-hydrogen) atoms. The lowest BCUT2D eigenvalue weighted by Crippen LogP contribution is -2.61. The first-order valence-electron chi connectivity index (χ1n) is 10.8. The molecule has 8 heteroatoms. The number of hydrogen-bond acceptors (Lipinski definition) is 5. The third kappa shape index (κ3) is 4.75. The van der Waals surface area contributed by atoms with Crippen LogP contribution in [0.4, 0.5) is 4.79 Å². The van der Waals surface area contributed by atoms with Gasteiger partial charge in [-0.25, -0.2) is 4.79 Å². The van der Waals surface area contributed by atoms with Gasteiger partial charge >= 0.3 is 6.09 Å². The molecule has 8 nitrogen and oxygen atoms in total. The van der Waals surface area contributed by atoms with E-state index < -0.39 is 12.1 Å². The fourth-order valence-electron chi connectivity index (χ4n) is 4.05. The molecule has 1 saturated carbocycles. The second-order valence-electron chi connectivity index (χ2n) is 8.31. The first kappa shape index (κ1) is 20.7. The Morgan fingerprint density at radius 2 is 1.67 bits per heavy atom. The SMILES string of the molecule is O=C(c1ccc(OCCCN2CCN(C(=O)[C@H]3CCN3C(=O)O)CC2)cc1)C1CC1. The number of ether oxygens (including phenoxy) is 1. The van der Waals surface area contributed by atoms with Crippen molar-refractivity contribution in [3.05, 3.63) is 29.8 Å². The van der Waals surface area contributed by atoms with Gasteiger partial charge in [-0.15, -0.1) is 0 Å². The molecule has 2 aliphatic heterocycles. The summed E-state index contributed by atoms with van der Waals surface area (Å²) in [6.45, 7) is 4.81. The van der Waals surface area contributed by atoms with E-state index >= 15 is 0 Å². The molecule has 2 heterocycles. The van der Waals surface area contributed by atoms with Gasteiger partial charge in [-0.2, -0.15) is 0 Å².